The number of carbonyl (C=O) groups is 1. The Kier molecular flexibility index (Phi) is 4.85. The van der Waals surface area contributed by atoms with Gasteiger partial charge in [0.25, 0.3) is 0 Å². The molecule has 30 heavy (non-hydrogen) atoms. The standard InChI is InChI=1S/C27H40N2O/c1-4-26-13-19-15-27(17-26,21-8-6-5-7-9-21)16-20(14-26)22(19)12-24(30)29-11-10-23(28)25(2,3)18-29/h5-9,19-20,22-23H,4,10-18,28H2,1-3H3/t19?,20?,22?,23-,26?,27?/m0/s1. The van der Waals surface area contributed by atoms with Crippen molar-refractivity contribution >= 4 is 5.91 Å². The molecule has 1 amide bonds. The molecule has 5 aliphatic rings. The molecular weight excluding hydrogens is 368 g/mol. The van der Waals surface area contributed by atoms with Crippen LogP contribution >= 0.6 is 0 Å². The Morgan fingerprint density at radius 3 is 2.37 bits per heavy atom. The second kappa shape index (κ2) is 7.08. The van der Waals surface area contributed by atoms with Gasteiger partial charge >= 0.3 is 0 Å². The van der Waals surface area contributed by atoms with Gasteiger partial charge in [-0.25, -0.2) is 0 Å². The maximum atomic E-state index is 13.4. The van der Waals surface area contributed by atoms with Crippen LogP contribution in [0.15, 0.2) is 30.3 Å². The van der Waals surface area contributed by atoms with Crippen LogP contribution in [-0.2, 0) is 10.2 Å². The van der Waals surface area contributed by atoms with Gasteiger partial charge in [-0.05, 0) is 78.1 Å². The molecule has 4 saturated carbocycles. The minimum Gasteiger partial charge on any atom is -0.342 e. The second-order valence-electron chi connectivity index (χ2n) is 12.1. The second-order valence-corrected chi connectivity index (χ2v) is 12.1. The summed E-state index contributed by atoms with van der Waals surface area (Å²) in [6, 6.07) is 11.5. The zero-order valence-electron chi connectivity index (χ0n) is 19.2. The summed E-state index contributed by atoms with van der Waals surface area (Å²) in [5.74, 6) is 2.42. The molecule has 4 bridgehead atoms. The van der Waals surface area contributed by atoms with E-state index in [0.29, 0.717) is 22.7 Å². The lowest BCUT2D eigenvalue weighted by Crippen LogP contribution is -2.59. The highest BCUT2D eigenvalue weighted by atomic mass is 16.2. The first-order chi connectivity index (χ1) is 14.3. The molecule has 2 N–H and O–H groups in total. The summed E-state index contributed by atoms with van der Waals surface area (Å²) < 4.78 is 0. The number of amides is 1. The Morgan fingerprint density at radius 2 is 1.77 bits per heavy atom. The zero-order valence-corrected chi connectivity index (χ0v) is 19.2. The largest absolute Gasteiger partial charge is 0.342 e. The Hall–Kier alpha value is -1.35. The average Bonchev–Trinajstić information content (AvgIpc) is 2.72. The quantitative estimate of drug-likeness (QED) is 0.750. The van der Waals surface area contributed by atoms with Crippen LogP contribution in [0.4, 0.5) is 0 Å². The van der Waals surface area contributed by atoms with E-state index in [2.05, 4.69) is 56.0 Å². The Labute approximate surface area is 182 Å². The SMILES string of the molecule is CCC12CC3CC(c4ccccc4)(CC(C1)C3CC(=O)N1CC[C@H](N)C(C)(C)C1)C2. The minimum absolute atomic E-state index is 0.0294. The lowest BCUT2D eigenvalue weighted by atomic mass is 9.39. The van der Waals surface area contributed by atoms with Crippen LogP contribution in [0, 0.1) is 28.6 Å². The highest BCUT2D eigenvalue weighted by Crippen LogP contribution is 2.68. The maximum absolute atomic E-state index is 13.4. The number of hydrogen-bond acceptors (Lipinski definition) is 2. The fourth-order valence-corrected chi connectivity index (χ4v) is 8.22. The van der Waals surface area contributed by atoms with Crippen LogP contribution in [0.2, 0.25) is 0 Å². The van der Waals surface area contributed by atoms with Crippen molar-refractivity contribution in [1.82, 2.24) is 4.90 Å². The van der Waals surface area contributed by atoms with Crippen molar-refractivity contribution in [3.05, 3.63) is 35.9 Å². The van der Waals surface area contributed by atoms with Crippen LogP contribution in [0.1, 0.15) is 77.7 Å². The van der Waals surface area contributed by atoms with E-state index in [1.54, 1.807) is 5.56 Å². The van der Waals surface area contributed by atoms with Gasteiger partial charge in [-0.2, -0.15) is 0 Å². The highest BCUT2D eigenvalue weighted by Gasteiger charge is 2.61. The summed E-state index contributed by atoms with van der Waals surface area (Å²) in [5.41, 5.74) is 8.79. The first kappa shape index (κ1) is 20.5. The molecule has 4 aliphatic carbocycles. The van der Waals surface area contributed by atoms with Crippen molar-refractivity contribution in [1.29, 1.82) is 0 Å². The van der Waals surface area contributed by atoms with Crippen molar-refractivity contribution in [2.75, 3.05) is 13.1 Å². The Bertz CT molecular complexity index is 784. The molecule has 164 valence electrons. The maximum Gasteiger partial charge on any atom is 0.222 e. The normalized spacial score (nSPS) is 41.8. The molecule has 1 aromatic rings. The van der Waals surface area contributed by atoms with Gasteiger partial charge in [0.2, 0.25) is 5.91 Å². The van der Waals surface area contributed by atoms with Gasteiger partial charge in [0.05, 0.1) is 0 Å². The fourth-order valence-electron chi connectivity index (χ4n) is 8.22. The van der Waals surface area contributed by atoms with E-state index in [9.17, 15) is 4.79 Å². The zero-order chi connectivity index (χ0) is 21.1. The van der Waals surface area contributed by atoms with Crippen LogP contribution in [0.5, 0.6) is 0 Å². The van der Waals surface area contributed by atoms with E-state index in [4.69, 9.17) is 5.73 Å². The molecule has 1 heterocycles. The lowest BCUT2D eigenvalue weighted by Gasteiger charge is -2.65. The van der Waals surface area contributed by atoms with E-state index in [0.717, 1.165) is 37.8 Å². The summed E-state index contributed by atoms with van der Waals surface area (Å²) in [5, 5.41) is 0. The highest BCUT2D eigenvalue weighted by molar-refractivity contribution is 5.76. The third kappa shape index (κ3) is 3.23. The molecule has 3 heteroatoms. The summed E-state index contributed by atoms with van der Waals surface area (Å²) in [7, 11) is 0. The number of benzene rings is 1. The predicted octanol–water partition coefficient (Wildman–Crippen LogP) is 5.14. The number of likely N-dealkylation sites (tertiary alicyclic amines) is 1. The summed E-state index contributed by atoms with van der Waals surface area (Å²) in [6.45, 7) is 8.51. The van der Waals surface area contributed by atoms with Crippen LogP contribution in [0.25, 0.3) is 0 Å². The Balaban J connectivity index is 1.35. The lowest BCUT2D eigenvalue weighted by molar-refractivity contribution is -0.146. The molecule has 3 atom stereocenters. The van der Waals surface area contributed by atoms with Gasteiger partial charge in [0.1, 0.15) is 0 Å². The molecule has 2 unspecified atom stereocenters. The molecule has 0 aromatic heterocycles. The van der Waals surface area contributed by atoms with E-state index in [1.807, 2.05) is 0 Å². The van der Waals surface area contributed by atoms with Crippen molar-refractivity contribution in [2.45, 2.75) is 83.6 Å². The van der Waals surface area contributed by atoms with Crippen LogP contribution in [0.3, 0.4) is 0 Å². The number of nitrogens with zero attached hydrogens (tertiary/aromatic N) is 1. The van der Waals surface area contributed by atoms with Gasteiger partial charge in [-0.3, -0.25) is 4.79 Å². The number of nitrogens with two attached hydrogens (primary N) is 1. The smallest absolute Gasteiger partial charge is 0.222 e. The van der Waals surface area contributed by atoms with Crippen molar-refractivity contribution < 1.29 is 4.79 Å². The van der Waals surface area contributed by atoms with Gasteiger partial charge in [0.15, 0.2) is 0 Å². The predicted molar refractivity (Wildman–Crippen MR) is 122 cm³/mol. The average molecular weight is 409 g/mol. The molecule has 3 nitrogen and oxygen atoms in total. The monoisotopic (exact) mass is 408 g/mol. The molecule has 0 radical (unpaired) electrons. The van der Waals surface area contributed by atoms with E-state index >= 15 is 0 Å². The van der Waals surface area contributed by atoms with E-state index in [-0.39, 0.29) is 11.5 Å². The Morgan fingerprint density at radius 1 is 1.10 bits per heavy atom. The fraction of sp³-hybridized carbons (Fsp3) is 0.741. The first-order valence-electron chi connectivity index (χ1n) is 12.3. The molecule has 1 aliphatic heterocycles. The molecule has 1 aromatic carbocycles. The summed E-state index contributed by atoms with van der Waals surface area (Å²) in [4.78, 5) is 15.5. The van der Waals surface area contributed by atoms with Crippen molar-refractivity contribution in [3.8, 4) is 0 Å². The van der Waals surface area contributed by atoms with Crippen LogP contribution < -0.4 is 5.73 Å². The molecule has 0 spiro atoms. The molecule has 6 rings (SSSR count). The van der Waals surface area contributed by atoms with Gasteiger partial charge in [-0.1, -0.05) is 57.5 Å². The number of piperidine rings is 1. The third-order valence-electron chi connectivity index (χ3n) is 9.83. The van der Waals surface area contributed by atoms with Gasteiger partial charge < -0.3 is 10.6 Å². The molecule has 1 saturated heterocycles. The van der Waals surface area contributed by atoms with Gasteiger partial charge in [-0.15, -0.1) is 0 Å². The van der Waals surface area contributed by atoms with E-state index in [1.165, 1.54) is 38.5 Å². The van der Waals surface area contributed by atoms with Gasteiger partial charge in [0, 0.05) is 25.6 Å². The summed E-state index contributed by atoms with van der Waals surface area (Å²) >= 11 is 0. The molecule has 5 fully saturated rings. The number of rotatable bonds is 4. The topological polar surface area (TPSA) is 46.3 Å². The summed E-state index contributed by atoms with van der Waals surface area (Å²) in [6.07, 6.45) is 9.66. The van der Waals surface area contributed by atoms with E-state index < -0.39 is 0 Å². The first-order valence-corrected chi connectivity index (χ1v) is 12.3. The minimum atomic E-state index is 0.0294. The number of hydrogen-bond donors (Lipinski definition) is 1. The number of carbonyl (C=O) groups excluding carboxylic acids is 1. The van der Waals surface area contributed by atoms with Crippen LogP contribution in [-0.4, -0.2) is 29.9 Å². The van der Waals surface area contributed by atoms with Crippen molar-refractivity contribution in [2.24, 2.45) is 34.3 Å². The molecular formula is C27H40N2O. The van der Waals surface area contributed by atoms with Crippen molar-refractivity contribution in [3.63, 3.8) is 0 Å². The third-order valence-corrected chi connectivity index (χ3v) is 9.83.